The van der Waals surface area contributed by atoms with Crippen LogP contribution in [0.5, 0.6) is 5.75 Å². The maximum atomic E-state index is 6.03. The van der Waals surface area contributed by atoms with E-state index in [0.717, 1.165) is 60.5 Å². The second-order valence-corrected chi connectivity index (χ2v) is 7.75. The van der Waals surface area contributed by atoms with Crippen molar-refractivity contribution in [3.05, 3.63) is 48.0 Å². The molecule has 1 atom stereocenters. The Morgan fingerprint density at radius 3 is 2.96 bits per heavy atom. The van der Waals surface area contributed by atoms with Gasteiger partial charge in [-0.2, -0.15) is 5.10 Å². The van der Waals surface area contributed by atoms with Gasteiger partial charge in [-0.3, -0.25) is 10.00 Å². The highest BCUT2D eigenvalue weighted by Crippen LogP contribution is 2.38. The van der Waals surface area contributed by atoms with E-state index >= 15 is 0 Å². The molecule has 0 spiro atoms. The lowest BCUT2D eigenvalue weighted by Gasteiger charge is -2.30. The van der Waals surface area contributed by atoms with Crippen molar-refractivity contribution >= 4 is 0 Å². The number of nitrogens with zero attached hydrogens (tertiary/aromatic N) is 4. The van der Waals surface area contributed by atoms with Crippen molar-refractivity contribution in [2.45, 2.75) is 44.1 Å². The van der Waals surface area contributed by atoms with Crippen LogP contribution in [-0.2, 0) is 6.54 Å². The number of H-pyrrole nitrogens is 1. The zero-order valence-electron chi connectivity index (χ0n) is 16.1. The number of aromatic nitrogens is 4. The number of nitrogens with one attached hydrogen (secondary N) is 1. The summed E-state index contributed by atoms with van der Waals surface area (Å²) in [5, 5.41) is 7.63. The fourth-order valence-electron chi connectivity index (χ4n) is 3.97. The van der Waals surface area contributed by atoms with Crippen molar-refractivity contribution in [2.75, 3.05) is 20.2 Å². The predicted molar refractivity (Wildman–Crippen MR) is 104 cm³/mol. The first-order valence-corrected chi connectivity index (χ1v) is 10.0. The summed E-state index contributed by atoms with van der Waals surface area (Å²) in [6.45, 7) is 2.68. The van der Waals surface area contributed by atoms with E-state index in [1.165, 1.54) is 12.8 Å². The Labute approximate surface area is 164 Å². The lowest BCUT2D eigenvalue weighted by molar-refractivity contribution is 0.181. The van der Waals surface area contributed by atoms with Crippen molar-refractivity contribution in [2.24, 2.45) is 0 Å². The predicted octanol–water partition coefficient (Wildman–Crippen LogP) is 3.73. The fourth-order valence-corrected chi connectivity index (χ4v) is 3.97. The molecule has 5 rings (SSSR count). The van der Waals surface area contributed by atoms with E-state index in [4.69, 9.17) is 14.1 Å². The van der Waals surface area contributed by atoms with Gasteiger partial charge in [-0.05, 0) is 44.4 Å². The van der Waals surface area contributed by atoms with Crippen LogP contribution in [0.1, 0.15) is 55.1 Å². The van der Waals surface area contributed by atoms with Gasteiger partial charge >= 0.3 is 0 Å². The molecule has 0 bridgehead atoms. The van der Waals surface area contributed by atoms with Gasteiger partial charge in [0.25, 0.3) is 0 Å². The fraction of sp³-hybridized carbons (Fsp3) is 0.476. The topological polar surface area (TPSA) is 80.1 Å². The summed E-state index contributed by atoms with van der Waals surface area (Å²) in [6, 6.07) is 7.84. The summed E-state index contributed by atoms with van der Waals surface area (Å²) in [5.74, 6) is 5.29. The highest BCUT2D eigenvalue weighted by Gasteiger charge is 2.30. The number of para-hydroxylation sites is 1. The Kier molecular flexibility index (Phi) is 4.60. The zero-order valence-corrected chi connectivity index (χ0v) is 16.1. The highest BCUT2D eigenvalue weighted by atomic mass is 16.5. The first-order chi connectivity index (χ1) is 13.8. The number of rotatable bonds is 6. The minimum Gasteiger partial charge on any atom is -0.496 e. The van der Waals surface area contributed by atoms with E-state index < -0.39 is 0 Å². The van der Waals surface area contributed by atoms with E-state index in [9.17, 15) is 0 Å². The molecule has 1 aliphatic carbocycles. The van der Waals surface area contributed by atoms with Gasteiger partial charge in [0.2, 0.25) is 5.89 Å². The highest BCUT2D eigenvalue weighted by molar-refractivity contribution is 5.64. The smallest absolute Gasteiger partial charge is 0.209 e. The molecule has 1 saturated heterocycles. The number of oxazole rings is 1. The summed E-state index contributed by atoms with van der Waals surface area (Å²) in [4.78, 5) is 11.6. The molecule has 0 radical (unpaired) electrons. The van der Waals surface area contributed by atoms with Gasteiger partial charge < -0.3 is 9.15 Å². The van der Waals surface area contributed by atoms with Crippen molar-refractivity contribution in [3.63, 3.8) is 0 Å². The summed E-state index contributed by atoms with van der Waals surface area (Å²) >= 11 is 0. The van der Waals surface area contributed by atoms with Crippen LogP contribution in [0.3, 0.4) is 0 Å². The third-order valence-electron chi connectivity index (χ3n) is 5.64. The quantitative estimate of drug-likeness (QED) is 0.703. The van der Waals surface area contributed by atoms with Crippen LogP contribution in [0.15, 0.2) is 34.9 Å². The molecule has 7 nitrogen and oxygen atoms in total. The van der Waals surface area contributed by atoms with Gasteiger partial charge in [-0.15, -0.1) is 0 Å². The third kappa shape index (κ3) is 3.54. The molecule has 2 fully saturated rings. The Morgan fingerprint density at radius 1 is 1.21 bits per heavy atom. The molecular formula is C21H25N5O2. The first kappa shape index (κ1) is 17.4. The Bertz CT molecular complexity index is 946. The average molecular weight is 379 g/mol. The van der Waals surface area contributed by atoms with Gasteiger partial charge in [-0.1, -0.05) is 12.1 Å². The third-order valence-corrected chi connectivity index (χ3v) is 5.64. The first-order valence-electron chi connectivity index (χ1n) is 10.0. The largest absolute Gasteiger partial charge is 0.496 e. The van der Waals surface area contributed by atoms with E-state index in [2.05, 4.69) is 20.1 Å². The molecule has 1 aliphatic heterocycles. The number of piperidine rings is 1. The van der Waals surface area contributed by atoms with E-state index in [-0.39, 0.29) is 0 Å². The van der Waals surface area contributed by atoms with Crippen LogP contribution < -0.4 is 4.74 Å². The van der Waals surface area contributed by atoms with Gasteiger partial charge in [0.15, 0.2) is 11.6 Å². The Hall–Kier alpha value is -2.67. The molecular weight excluding hydrogens is 354 g/mol. The number of benzene rings is 1. The van der Waals surface area contributed by atoms with Crippen molar-refractivity contribution < 1.29 is 9.15 Å². The van der Waals surface area contributed by atoms with E-state index in [1.807, 2.05) is 24.3 Å². The normalized spacial score (nSPS) is 20.4. The number of hydrogen-bond donors (Lipinski definition) is 1. The number of methoxy groups -OCH3 is 1. The van der Waals surface area contributed by atoms with Crippen molar-refractivity contribution in [3.8, 4) is 17.1 Å². The van der Waals surface area contributed by atoms with Crippen LogP contribution in [-0.4, -0.2) is 45.3 Å². The summed E-state index contributed by atoms with van der Waals surface area (Å²) < 4.78 is 11.5. The van der Waals surface area contributed by atoms with Crippen molar-refractivity contribution in [1.29, 1.82) is 0 Å². The molecule has 3 heterocycles. The molecule has 1 saturated carbocycles. The molecule has 7 heteroatoms. The molecule has 28 heavy (non-hydrogen) atoms. The summed E-state index contributed by atoms with van der Waals surface area (Å²) in [7, 11) is 1.67. The number of likely N-dealkylation sites (tertiary alicyclic amines) is 1. The van der Waals surface area contributed by atoms with Gasteiger partial charge in [-0.25, -0.2) is 9.97 Å². The maximum Gasteiger partial charge on any atom is 0.209 e. The number of aromatic amines is 1. The monoisotopic (exact) mass is 379 g/mol. The van der Waals surface area contributed by atoms with Gasteiger partial charge in [0.1, 0.15) is 11.6 Å². The number of ether oxygens (including phenoxy) is 1. The average Bonchev–Trinajstić information content (AvgIpc) is 3.28. The standard InChI is InChI=1S/C21H25N5O2/c1-27-17-7-3-2-6-16(17)18-11-22-19(28-18)13-26-10-4-5-15(12-26)21-23-20(24-25-21)14-8-9-14/h2-3,6-7,11,14-15H,4-5,8-10,12-13H2,1H3,(H,23,24,25)/t15-/m1/s1. The number of hydrogen-bond acceptors (Lipinski definition) is 6. The minimum atomic E-state index is 0.376. The summed E-state index contributed by atoms with van der Waals surface area (Å²) in [6.07, 6.45) is 6.54. The molecule has 0 amide bonds. The van der Waals surface area contributed by atoms with Gasteiger partial charge in [0.05, 0.1) is 25.4 Å². The van der Waals surface area contributed by atoms with Crippen LogP contribution in [0.4, 0.5) is 0 Å². The van der Waals surface area contributed by atoms with Gasteiger partial charge in [0, 0.05) is 18.4 Å². The molecule has 3 aromatic rings. The molecule has 146 valence electrons. The maximum absolute atomic E-state index is 6.03. The van der Waals surface area contributed by atoms with Crippen LogP contribution in [0.25, 0.3) is 11.3 Å². The van der Waals surface area contributed by atoms with E-state index in [0.29, 0.717) is 18.4 Å². The minimum absolute atomic E-state index is 0.376. The Balaban J connectivity index is 1.26. The van der Waals surface area contributed by atoms with Crippen LogP contribution >= 0.6 is 0 Å². The molecule has 0 unspecified atom stereocenters. The molecule has 1 N–H and O–H groups in total. The van der Waals surface area contributed by atoms with Crippen LogP contribution in [0.2, 0.25) is 0 Å². The second-order valence-electron chi connectivity index (χ2n) is 7.75. The molecule has 2 aromatic heterocycles. The Morgan fingerprint density at radius 2 is 2.11 bits per heavy atom. The van der Waals surface area contributed by atoms with E-state index in [1.54, 1.807) is 13.3 Å². The second kappa shape index (κ2) is 7.39. The molecule has 1 aromatic carbocycles. The lowest BCUT2D eigenvalue weighted by Crippen LogP contribution is -2.34. The molecule has 2 aliphatic rings. The lowest BCUT2D eigenvalue weighted by atomic mass is 9.97. The zero-order chi connectivity index (χ0) is 18.9. The van der Waals surface area contributed by atoms with Crippen molar-refractivity contribution in [1.82, 2.24) is 25.1 Å². The SMILES string of the molecule is COc1ccccc1-c1cnc(CN2CCC[C@@H](c3n[nH]c(C4CC4)n3)C2)o1. The summed E-state index contributed by atoms with van der Waals surface area (Å²) in [5.41, 5.74) is 0.925. The van der Waals surface area contributed by atoms with Crippen LogP contribution in [0, 0.1) is 0 Å².